The minimum atomic E-state index is 0.602. The summed E-state index contributed by atoms with van der Waals surface area (Å²) < 4.78 is 0. The Hall–Kier alpha value is 0.400. The zero-order valence-electron chi connectivity index (χ0n) is 14.3. The van der Waals surface area contributed by atoms with Gasteiger partial charge in [0.15, 0.2) is 0 Å². The lowest BCUT2D eigenvalue weighted by Crippen LogP contribution is -2.66. The Labute approximate surface area is 126 Å². The van der Waals surface area contributed by atoms with Crippen molar-refractivity contribution in [1.29, 1.82) is 0 Å². The first kappa shape index (κ1) is 17.5. The molecule has 1 saturated heterocycles. The van der Waals surface area contributed by atoms with Crippen LogP contribution >= 0.6 is 11.5 Å². The van der Waals surface area contributed by atoms with E-state index in [1.54, 1.807) is 5.72 Å². The van der Waals surface area contributed by atoms with Crippen molar-refractivity contribution >= 4 is 23.7 Å². The highest BCUT2D eigenvalue weighted by Gasteiger charge is 2.40. The third-order valence-corrected chi connectivity index (χ3v) is 5.71. The lowest BCUT2D eigenvalue weighted by atomic mass is 9.49. The van der Waals surface area contributed by atoms with Crippen LogP contribution in [0.2, 0.25) is 0 Å². The quantitative estimate of drug-likeness (QED) is 0.542. The molecular formula is C14H31B2N2S-. The fraction of sp³-hybridized carbons (Fsp3) is 0.929. The van der Waals surface area contributed by atoms with Crippen LogP contribution in [0.15, 0.2) is 0 Å². The van der Waals surface area contributed by atoms with Gasteiger partial charge in [0.05, 0.1) is 0 Å². The monoisotopic (exact) mass is 281 g/mol. The van der Waals surface area contributed by atoms with Gasteiger partial charge in [-0.1, -0.05) is 55.4 Å². The molecule has 0 saturated carbocycles. The molecule has 0 radical (unpaired) electrons. The van der Waals surface area contributed by atoms with Crippen LogP contribution in [0, 0.1) is 5.72 Å². The summed E-state index contributed by atoms with van der Waals surface area (Å²) in [6.45, 7) is 20.8. The Kier molecular flexibility index (Phi) is 6.34. The molecule has 0 atom stereocenters. The van der Waals surface area contributed by atoms with Crippen molar-refractivity contribution in [2.45, 2.75) is 86.5 Å². The van der Waals surface area contributed by atoms with Crippen molar-refractivity contribution in [1.82, 2.24) is 9.62 Å². The molecule has 1 rings (SSSR count). The van der Waals surface area contributed by atoms with Gasteiger partial charge in [-0.2, -0.15) is 6.92 Å². The molecule has 0 unspecified atom stereocenters. The first-order valence-corrected chi connectivity index (χ1v) is 8.66. The second-order valence-corrected chi connectivity index (χ2v) is 8.02. The summed E-state index contributed by atoms with van der Waals surface area (Å²) >= 11 is 2.13. The standard InChI is InChI=1S/C14H31B2N2S/c1-10(2)17(11(3)4)15-14(9)16(19-15)18(12(5)6)13(7)8/h10-13H,1-9H3/q-1. The van der Waals surface area contributed by atoms with Gasteiger partial charge in [0.25, 0.3) is 0 Å². The minimum Gasteiger partial charge on any atom is -0.358 e. The Morgan fingerprint density at radius 1 is 0.684 bits per heavy atom. The third kappa shape index (κ3) is 3.74. The zero-order chi connectivity index (χ0) is 14.9. The van der Waals surface area contributed by atoms with Gasteiger partial charge in [-0.05, 0) is 24.2 Å². The number of hydrogen-bond donors (Lipinski definition) is 0. The van der Waals surface area contributed by atoms with Gasteiger partial charge in [0.2, 0.25) is 0 Å². The number of rotatable bonds is 6. The van der Waals surface area contributed by atoms with Crippen molar-refractivity contribution in [3.63, 3.8) is 0 Å². The van der Waals surface area contributed by atoms with Crippen molar-refractivity contribution in [2.75, 3.05) is 0 Å². The Balaban J connectivity index is 2.73. The average molecular weight is 281 g/mol. The normalized spacial score (nSPS) is 17.8. The van der Waals surface area contributed by atoms with Crippen molar-refractivity contribution in [2.24, 2.45) is 0 Å². The maximum absolute atomic E-state index is 2.63. The molecule has 0 aromatic heterocycles. The predicted molar refractivity (Wildman–Crippen MR) is 92.2 cm³/mol. The van der Waals surface area contributed by atoms with E-state index < -0.39 is 0 Å². The van der Waals surface area contributed by atoms with Crippen LogP contribution < -0.4 is 0 Å². The molecule has 2 nitrogen and oxygen atoms in total. The van der Waals surface area contributed by atoms with Gasteiger partial charge in [0.1, 0.15) is 12.3 Å². The predicted octanol–water partition coefficient (Wildman–Crippen LogP) is 3.62. The van der Waals surface area contributed by atoms with E-state index in [0.717, 1.165) is 0 Å². The van der Waals surface area contributed by atoms with Gasteiger partial charge in [-0.25, -0.2) is 0 Å². The summed E-state index contributed by atoms with van der Waals surface area (Å²) in [7, 11) is 0. The van der Waals surface area contributed by atoms with Crippen molar-refractivity contribution in [3.8, 4) is 0 Å². The highest BCUT2D eigenvalue weighted by molar-refractivity contribution is 8.50. The summed E-state index contributed by atoms with van der Waals surface area (Å²) in [6.07, 6.45) is 1.20. The highest BCUT2D eigenvalue weighted by Crippen LogP contribution is 2.43. The molecule has 1 heterocycles. The molecule has 0 aliphatic carbocycles. The van der Waals surface area contributed by atoms with E-state index in [1.807, 2.05) is 0 Å². The summed E-state index contributed by atoms with van der Waals surface area (Å²) in [6, 6.07) is 2.44. The van der Waals surface area contributed by atoms with Crippen LogP contribution in [0.4, 0.5) is 0 Å². The molecule has 1 aliphatic rings. The Morgan fingerprint density at radius 2 is 0.947 bits per heavy atom. The zero-order valence-corrected chi connectivity index (χ0v) is 15.1. The molecular weight excluding hydrogens is 250 g/mol. The van der Waals surface area contributed by atoms with E-state index in [9.17, 15) is 0 Å². The lowest BCUT2D eigenvalue weighted by molar-refractivity contribution is 0.300. The summed E-state index contributed by atoms with van der Waals surface area (Å²) in [4.78, 5) is 5.27. The maximum atomic E-state index is 2.63. The third-order valence-electron chi connectivity index (χ3n) is 3.96. The van der Waals surface area contributed by atoms with Crippen molar-refractivity contribution < 1.29 is 0 Å². The second-order valence-electron chi connectivity index (χ2n) is 6.85. The van der Waals surface area contributed by atoms with Crippen LogP contribution in [0.25, 0.3) is 0 Å². The molecule has 1 fully saturated rings. The van der Waals surface area contributed by atoms with Crippen LogP contribution in [0.3, 0.4) is 0 Å². The average Bonchev–Trinajstić information content (AvgIpc) is 2.24. The first-order chi connectivity index (χ1) is 8.68. The molecule has 19 heavy (non-hydrogen) atoms. The Morgan fingerprint density at radius 3 is 1.11 bits per heavy atom. The summed E-state index contributed by atoms with van der Waals surface area (Å²) in [5.74, 6) is 0. The molecule has 0 aromatic carbocycles. The Bertz CT molecular complexity index is 243. The minimum absolute atomic E-state index is 0.602. The molecule has 0 bridgehead atoms. The van der Waals surface area contributed by atoms with E-state index >= 15 is 0 Å². The van der Waals surface area contributed by atoms with Crippen LogP contribution in [-0.2, 0) is 0 Å². The van der Waals surface area contributed by atoms with E-state index in [0.29, 0.717) is 36.4 Å². The van der Waals surface area contributed by atoms with E-state index in [-0.39, 0.29) is 0 Å². The highest BCUT2D eigenvalue weighted by atomic mass is 32.2. The van der Waals surface area contributed by atoms with Crippen LogP contribution in [0.5, 0.6) is 0 Å². The molecule has 0 spiro atoms. The second kappa shape index (κ2) is 6.91. The molecule has 110 valence electrons. The SMILES string of the molecule is C[C-]1B(N(C(C)C)C(C)C)SB1N(C(C)C)C(C)C. The largest absolute Gasteiger partial charge is 0.358 e. The molecule has 0 amide bonds. The fourth-order valence-corrected chi connectivity index (χ4v) is 5.23. The van der Waals surface area contributed by atoms with Crippen LogP contribution in [-0.4, -0.2) is 46.0 Å². The summed E-state index contributed by atoms with van der Waals surface area (Å²) in [5.41, 5.74) is 1.63. The van der Waals surface area contributed by atoms with Gasteiger partial charge in [0, 0.05) is 0 Å². The van der Waals surface area contributed by atoms with Gasteiger partial charge < -0.3 is 15.3 Å². The molecule has 5 heteroatoms. The van der Waals surface area contributed by atoms with Gasteiger partial charge in [-0.15, -0.1) is 0 Å². The summed E-state index contributed by atoms with van der Waals surface area (Å²) in [5, 5.41) is 0. The number of nitrogens with zero attached hydrogens (tertiary/aromatic N) is 2. The van der Waals surface area contributed by atoms with Crippen LogP contribution in [0.1, 0.15) is 62.3 Å². The first-order valence-electron chi connectivity index (χ1n) is 7.72. The molecule has 1 aliphatic heterocycles. The maximum Gasteiger partial charge on any atom is 0.108 e. The van der Waals surface area contributed by atoms with Crippen molar-refractivity contribution in [3.05, 3.63) is 5.72 Å². The lowest BCUT2D eigenvalue weighted by Gasteiger charge is -2.63. The smallest absolute Gasteiger partial charge is 0.108 e. The molecule has 0 aromatic rings. The topological polar surface area (TPSA) is 6.48 Å². The fourth-order valence-electron chi connectivity index (χ4n) is 3.27. The van der Waals surface area contributed by atoms with Gasteiger partial charge in [-0.3, -0.25) is 11.5 Å². The van der Waals surface area contributed by atoms with E-state index in [1.165, 1.54) is 0 Å². The van der Waals surface area contributed by atoms with E-state index in [2.05, 4.69) is 83.4 Å². The molecule has 0 N–H and O–H groups in total. The number of hydrogen-bond acceptors (Lipinski definition) is 3. The van der Waals surface area contributed by atoms with E-state index in [4.69, 9.17) is 0 Å². The van der Waals surface area contributed by atoms with Gasteiger partial charge >= 0.3 is 0 Å².